The highest BCUT2D eigenvalue weighted by Gasteiger charge is 2.41. The highest BCUT2D eigenvalue weighted by atomic mass is 35.5. The van der Waals surface area contributed by atoms with Crippen molar-refractivity contribution in [2.75, 3.05) is 24.9 Å². The molecule has 0 radical (unpaired) electrons. The minimum absolute atomic E-state index is 0.110. The minimum Gasteiger partial charge on any atom is -0.494 e. The molecule has 0 atom stereocenters. The zero-order valence-corrected chi connectivity index (χ0v) is 20.7. The van der Waals surface area contributed by atoms with Crippen LogP contribution in [-0.4, -0.2) is 26.0 Å². The third-order valence-electron chi connectivity index (χ3n) is 6.57. The lowest BCUT2D eigenvalue weighted by Gasteiger charge is -2.36. The van der Waals surface area contributed by atoms with Crippen LogP contribution < -0.4 is 20.1 Å². The second-order valence-corrected chi connectivity index (χ2v) is 9.12. The van der Waals surface area contributed by atoms with Gasteiger partial charge in [0.05, 0.1) is 31.0 Å². The Hall–Kier alpha value is -3.51. The molecule has 1 fully saturated rings. The predicted molar refractivity (Wildman–Crippen MR) is 139 cm³/mol. The average molecular weight is 493 g/mol. The summed E-state index contributed by atoms with van der Waals surface area (Å²) in [6.07, 6.45) is 4.51. The van der Waals surface area contributed by atoms with Gasteiger partial charge in [0.1, 0.15) is 11.5 Å². The van der Waals surface area contributed by atoms with E-state index >= 15 is 0 Å². The first kappa shape index (κ1) is 24.6. The van der Waals surface area contributed by atoms with Gasteiger partial charge in [-0.05, 0) is 42.7 Å². The van der Waals surface area contributed by atoms with Crippen molar-refractivity contribution in [1.82, 2.24) is 0 Å². The van der Waals surface area contributed by atoms with Gasteiger partial charge in [-0.2, -0.15) is 0 Å². The fourth-order valence-corrected chi connectivity index (χ4v) is 4.90. The Morgan fingerprint density at radius 3 is 2.03 bits per heavy atom. The molecule has 35 heavy (non-hydrogen) atoms. The van der Waals surface area contributed by atoms with Gasteiger partial charge in [-0.3, -0.25) is 9.59 Å². The molecule has 3 aromatic carbocycles. The monoisotopic (exact) mass is 492 g/mol. The van der Waals surface area contributed by atoms with Crippen LogP contribution in [0.1, 0.15) is 48.0 Å². The Balaban J connectivity index is 1.65. The maximum absolute atomic E-state index is 13.8. The van der Waals surface area contributed by atoms with E-state index in [1.165, 1.54) is 14.2 Å². The Morgan fingerprint density at radius 2 is 1.43 bits per heavy atom. The van der Waals surface area contributed by atoms with Crippen LogP contribution in [0, 0.1) is 0 Å². The normalized spacial score (nSPS) is 14.6. The molecule has 3 aromatic rings. The molecule has 182 valence electrons. The molecule has 2 N–H and O–H groups in total. The number of rotatable bonds is 7. The lowest BCUT2D eigenvalue weighted by molar-refractivity contribution is -0.122. The summed E-state index contributed by atoms with van der Waals surface area (Å²) in [7, 11) is 3.04. The summed E-state index contributed by atoms with van der Waals surface area (Å²) in [6, 6.07) is 19.8. The maximum atomic E-state index is 13.8. The molecular weight excluding hydrogens is 464 g/mol. The molecular formula is C28H29ClN2O4. The van der Waals surface area contributed by atoms with Crippen molar-refractivity contribution in [3.05, 3.63) is 82.9 Å². The quantitative estimate of drug-likeness (QED) is 0.397. The summed E-state index contributed by atoms with van der Waals surface area (Å²) >= 11 is 6.28. The van der Waals surface area contributed by atoms with Crippen molar-refractivity contribution in [3.63, 3.8) is 0 Å². The molecule has 6 nitrogen and oxygen atoms in total. The number of anilines is 2. The van der Waals surface area contributed by atoms with Gasteiger partial charge >= 0.3 is 0 Å². The van der Waals surface area contributed by atoms with Crippen molar-refractivity contribution in [2.24, 2.45) is 0 Å². The SMILES string of the molecule is COc1cc(NC(=O)C2(c3cccc(Cl)c3)CCCCC2)c(OC)cc1NC(=O)c1ccccc1. The van der Waals surface area contributed by atoms with Crippen LogP contribution in [0.25, 0.3) is 0 Å². The van der Waals surface area contributed by atoms with Gasteiger partial charge in [-0.15, -0.1) is 0 Å². The van der Waals surface area contributed by atoms with E-state index in [1.807, 2.05) is 30.3 Å². The molecule has 0 spiro atoms. The molecule has 1 aliphatic carbocycles. The lowest BCUT2D eigenvalue weighted by atomic mass is 9.68. The van der Waals surface area contributed by atoms with Crippen LogP contribution in [0.15, 0.2) is 66.7 Å². The zero-order valence-electron chi connectivity index (χ0n) is 19.9. The third kappa shape index (κ3) is 5.28. The van der Waals surface area contributed by atoms with Gasteiger partial charge in [-0.25, -0.2) is 0 Å². The predicted octanol–water partition coefficient (Wildman–Crippen LogP) is 6.45. The fourth-order valence-electron chi connectivity index (χ4n) is 4.71. The number of amides is 2. The lowest BCUT2D eigenvalue weighted by Crippen LogP contribution is -2.42. The Morgan fingerprint density at radius 1 is 0.800 bits per heavy atom. The largest absolute Gasteiger partial charge is 0.494 e. The zero-order chi connectivity index (χ0) is 24.8. The first-order chi connectivity index (χ1) is 17.0. The van der Waals surface area contributed by atoms with E-state index < -0.39 is 5.41 Å². The number of nitrogens with one attached hydrogen (secondary N) is 2. The number of benzene rings is 3. The van der Waals surface area contributed by atoms with Crippen LogP contribution in [0.2, 0.25) is 5.02 Å². The van der Waals surface area contributed by atoms with Crippen molar-refractivity contribution in [3.8, 4) is 11.5 Å². The fraction of sp³-hybridized carbons (Fsp3) is 0.286. The van der Waals surface area contributed by atoms with E-state index in [9.17, 15) is 9.59 Å². The molecule has 0 aromatic heterocycles. The second-order valence-electron chi connectivity index (χ2n) is 8.68. The third-order valence-corrected chi connectivity index (χ3v) is 6.81. The van der Waals surface area contributed by atoms with Gasteiger partial charge in [0.25, 0.3) is 5.91 Å². The molecule has 0 saturated heterocycles. The number of ether oxygens (including phenoxy) is 2. The number of carbonyl (C=O) groups is 2. The Kier molecular flexibility index (Phi) is 7.61. The van der Waals surface area contributed by atoms with Gasteiger partial charge in [0, 0.05) is 22.7 Å². The summed E-state index contributed by atoms with van der Waals surface area (Å²) in [5.74, 6) is 0.441. The molecule has 0 unspecified atom stereocenters. The summed E-state index contributed by atoms with van der Waals surface area (Å²) in [4.78, 5) is 26.5. The number of carbonyl (C=O) groups excluding carboxylic acids is 2. The van der Waals surface area contributed by atoms with E-state index in [1.54, 1.807) is 36.4 Å². The van der Waals surface area contributed by atoms with E-state index in [-0.39, 0.29) is 11.8 Å². The highest BCUT2D eigenvalue weighted by molar-refractivity contribution is 6.30. The number of halogens is 1. The molecule has 2 amide bonds. The minimum atomic E-state index is -0.679. The van der Waals surface area contributed by atoms with Gasteiger partial charge in [-0.1, -0.05) is 61.2 Å². The van der Waals surface area contributed by atoms with Gasteiger partial charge < -0.3 is 20.1 Å². The van der Waals surface area contributed by atoms with Crippen molar-refractivity contribution >= 4 is 34.8 Å². The molecule has 0 bridgehead atoms. The Labute approximate surface area is 210 Å². The van der Waals surface area contributed by atoms with E-state index in [2.05, 4.69) is 10.6 Å². The Bertz CT molecular complexity index is 1210. The summed E-state index contributed by atoms with van der Waals surface area (Å²) in [6.45, 7) is 0. The summed E-state index contributed by atoms with van der Waals surface area (Å²) in [5.41, 5.74) is 1.67. The van der Waals surface area contributed by atoms with E-state index in [0.29, 0.717) is 33.5 Å². The van der Waals surface area contributed by atoms with Gasteiger partial charge in [0.15, 0.2) is 0 Å². The van der Waals surface area contributed by atoms with Crippen LogP contribution in [-0.2, 0) is 10.2 Å². The van der Waals surface area contributed by atoms with E-state index in [4.69, 9.17) is 21.1 Å². The van der Waals surface area contributed by atoms with Crippen molar-refractivity contribution in [2.45, 2.75) is 37.5 Å². The topological polar surface area (TPSA) is 76.7 Å². The van der Waals surface area contributed by atoms with Crippen LogP contribution >= 0.6 is 11.6 Å². The summed E-state index contributed by atoms with van der Waals surface area (Å²) < 4.78 is 11.1. The molecule has 7 heteroatoms. The van der Waals surface area contributed by atoms with Crippen LogP contribution in [0.4, 0.5) is 11.4 Å². The molecule has 0 aliphatic heterocycles. The molecule has 4 rings (SSSR count). The van der Waals surface area contributed by atoms with Crippen LogP contribution in [0.3, 0.4) is 0 Å². The average Bonchev–Trinajstić information content (AvgIpc) is 2.90. The van der Waals surface area contributed by atoms with Crippen molar-refractivity contribution in [1.29, 1.82) is 0 Å². The number of methoxy groups -OCH3 is 2. The second kappa shape index (κ2) is 10.8. The molecule has 1 saturated carbocycles. The first-order valence-corrected chi connectivity index (χ1v) is 12.0. The number of hydrogen-bond acceptors (Lipinski definition) is 4. The first-order valence-electron chi connectivity index (χ1n) is 11.7. The van der Waals surface area contributed by atoms with Crippen molar-refractivity contribution < 1.29 is 19.1 Å². The number of hydrogen-bond donors (Lipinski definition) is 2. The molecule has 1 aliphatic rings. The van der Waals surface area contributed by atoms with Crippen LogP contribution in [0.5, 0.6) is 11.5 Å². The summed E-state index contributed by atoms with van der Waals surface area (Å²) in [5, 5.41) is 6.55. The smallest absolute Gasteiger partial charge is 0.255 e. The van der Waals surface area contributed by atoms with E-state index in [0.717, 1.165) is 37.7 Å². The molecule has 0 heterocycles. The van der Waals surface area contributed by atoms with Gasteiger partial charge in [0.2, 0.25) is 5.91 Å². The standard InChI is InChI=1S/C28H29ClN2O4/c1-34-24-18-23(25(35-2)17-22(24)30-26(32)19-10-5-3-6-11-19)31-27(33)28(14-7-4-8-15-28)20-12-9-13-21(29)16-20/h3,5-6,9-13,16-18H,4,7-8,14-15H2,1-2H3,(H,30,32)(H,31,33). The highest BCUT2D eigenvalue weighted by Crippen LogP contribution is 2.43. The maximum Gasteiger partial charge on any atom is 0.255 e.